The van der Waals surface area contributed by atoms with Gasteiger partial charge in [0.25, 0.3) is 0 Å². The summed E-state index contributed by atoms with van der Waals surface area (Å²) in [5, 5.41) is 3.29. The predicted molar refractivity (Wildman–Crippen MR) is 68.0 cm³/mol. The number of carbonyl (C=O) groups is 2. The smallest absolute Gasteiger partial charge is 0.229 e. The van der Waals surface area contributed by atoms with Crippen molar-refractivity contribution in [1.29, 1.82) is 0 Å². The monoisotopic (exact) mass is 260 g/mol. The summed E-state index contributed by atoms with van der Waals surface area (Å²) in [6.07, 6.45) is 3.92. The van der Waals surface area contributed by atoms with Gasteiger partial charge in [0, 0.05) is 19.4 Å². The van der Waals surface area contributed by atoms with Gasteiger partial charge in [-0.25, -0.2) is 0 Å². The molecule has 0 unspecified atom stereocenters. The molecule has 0 aliphatic carbocycles. The van der Waals surface area contributed by atoms with Crippen LogP contribution < -0.4 is 5.32 Å². The highest BCUT2D eigenvalue weighted by molar-refractivity contribution is 5.98. The second kappa shape index (κ2) is 5.83. The molecule has 4 nitrogen and oxygen atoms in total. The molecule has 2 fully saturated rings. The molecule has 2 heterocycles. The van der Waals surface area contributed by atoms with Gasteiger partial charge >= 0.3 is 0 Å². The van der Waals surface area contributed by atoms with E-state index in [1.165, 1.54) is 4.90 Å². The normalized spacial score (nSPS) is 23.7. The first kappa shape index (κ1) is 14.5. The number of amides is 2. The first-order valence-corrected chi connectivity index (χ1v) is 6.21. The predicted octanol–water partition coefficient (Wildman–Crippen LogP) is 1.34. The lowest BCUT2D eigenvalue weighted by Crippen LogP contribution is -2.51. The van der Waals surface area contributed by atoms with Crippen molar-refractivity contribution in [2.24, 2.45) is 5.41 Å². The lowest BCUT2D eigenvalue weighted by molar-refractivity contribution is -0.154. The van der Waals surface area contributed by atoms with Crippen LogP contribution in [0.5, 0.6) is 0 Å². The van der Waals surface area contributed by atoms with Crippen LogP contribution in [0.3, 0.4) is 0 Å². The molecular weight excluding hydrogens is 240 g/mol. The Balaban J connectivity index is 0.00000144. The summed E-state index contributed by atoms with van der Waals surface area (Å²) in [6.45, 7) is 4.46. The van der Waals surface area contributed by atoms with E-state index in [-0.39, 0.29) is 29.6 Å². The van der Waals surface area contributed by atoms with Gasteiger partial charge in [0.15, 0.2) is 0 Å². The van der Waals surface area contributed by atoms with Gasteiger partial charge in [-0.3, -0.25) is 14.5 Å². The van der Waals surface area contributed by atoms with Crippen molar-refractivity contribution >= 4 is 24.2 Å². The molecule has 1 N–H and O–H groups in total. The average Bonchev–Trinajstić information content (AvgIpc) is 2.24. The molecule has 5 heteroatoms. The van der Waals surface area contributed by atoms with Crippen LogP contribution in [-0.2, 0) is 9.59 Å². The Morgan fingerprint density at radius 1 is 1.18 bits per heavy atom. The molecule has 0 aromatic rings. The van der Waals surface area contributed by atoms with Gasteiger partial charge in [0.05, 0.1) is 0 Å². The Morgan fingerprint density at radius 3 is 2.18 bits per heavy atom. The van der Waals surface area contributed by atoms with Crippen LogP contribution in [0.15, 0.2) is 0 Å². The summed E-state index contributed by atoms with van der Waals surface area (Å²) in [5.41, 5.74) is -0.0241. The largest absolute Gasteiger partial charge is 0.317 e. The minimum atomic E-state index is -0.0241. The quantitative estimate of drug-likeness (QED) is 0.763. The molecule has 2 amide bonds. The van der Waals surface area contributed by atoms with E-state index in [0.29, 0.717) is 19.4 Å². The maximum absolute atomic E-state index is 12.0. The van der Waals surface area contributed by atoms with E-state index in [1.807, 2.05) is 6.92 Å². The molecule has 0 aromatic carbocycles. The molecule has 2 rings (SSSR count). The molecule has 0 saturated carbocycles. The van der Waals surface area contributed by atoms with E-state index in [4.69, 9.17) is 0 Å². The molecule has 1 spiro atoms. The van der Waals surface area contributed by atoms with E-state index in [9.17, 15) is 9.59 Å². The zero-order valence-electron chi connectivity index (χ0n) is 10.3. The highest BCUT2D eigenvalue weighted by atomic mass is 35.5. The van der Waals surface area contributed by atoms with Crippen molar-refractivity contribution < 1.29 is 9.59 Å². The maximum Gasteiger partial charge on any atom is 0.229 e. The molecule has 98 valence electrons. The SMILES string of the molecule is CCCN1C(=O)CC2(CCNCC2)CC1=O.Cl. The standard InChI is InChI=1S/C12H20N2O2.ClH/c1-2-7-14-10(15)8-12(9-11(14)16)3-5-13-6-4-12;/h13H,2-9H2,1H3;1H. The summed E-state index contributed by atoms with van der Waals surface area (Å²) in [5.74, 6) is 0.0833. The second-order valence-electron chi connectivity index (χ2n) is 5.04. The lowest BCUT2D eigenvalue weighted by atomic mass is 9.71. The number of likely N-dealkylation sites (tertiary alicyclic amines) is 1. The Kier molecular flexibility index (Phi) is 4.95. The first-order valence-electron chi connectivity index (χ1n) is 6.21. The van der Waals surface area contributed by atoms with Crippen molar-refractivity contribution in [1.82, 2.24) is 10.2 Å². The zero-order valence-corrected chi connectivity index (χ0v) is 11.1. The third kappa shape index (κ3) is 2.99. The second-order valence-corrected chi connectivity index (χ2v) is 5.04. The van der Waals surface area contributed by atoms with Crippen molar-refractivity contribution in [3.05, 3.63) is 0 Å². The Labute approximate surface area is 109 Å². The summed E-state index contributed by atoms with van der Waals surface area (Å²) < 4.78 is 0. The van der Waals surface area contributed by atoms with Gasteiger partial charge < -0.3 is 5.32 Å². The molecule has 2 saturated heterocycles. The third-order valence-electron chi connectivity index (χ3n) is 3.77. The summed E-state index contributed by atoms with van der Waals surface area (Å²) in [6, 6.07) is 0. The maximum atomic E-state index is 12.0. The molecular formula is C12H21ClN2O2. The molecule has 2 aliphatic rings. The summed E-state index contributed by atoms with van der Waals surface area (Å²) >= 11 is 0. The molecule has 17 heavy (non-hydrogen) atoms. The first-order chi connectivity index (χ1) is 7.67. The molecule has 2 aliphatic heterocycles. The highest BCUT2D eigenvalue weighted by Crippen LogP contribution is 2.40. The van der Waals surface area contributed by atoms with Gasteiger partial charge in [-0.2, -0.15) is 0 Å². The lowest BCUT2D eigenvalue weighted by Gasteiger charge is -2.42. The number of piperidine rings is 2. The Hall–Kier alpha value is -0.610. The molecule has 0 radical (unpaired) electrons. The fourth-order valence-corrected chi connectivity index (χ4v) is 2.82. The topological polar surface area (TPSA) is 49.4 Å². The van der Waals surface area contributed by atoms with Crippen molar-refractivity contribution in [2.75, 3.05) is 19.6 Å². The fraction of sp³-hybridized carbons (Fsp3) is 0.833. The minimum Gasteiger partial charge on any atom is -0.317 e. The van der Waals surface area contributed by atoms with E-state index in [0.717, 1.165) is 32.4 Å². The fourth-order valence-electron chi connectivity index (χ4n) is 2.82. The van der Waals surface area contributed by atoms with Gasteiger partial charge in [-0.05, 0) is 37.8 Å². The van der Waals surface area contributed by atoms with E-state index >= 15 is 0 Å². The van der Waals surface area contributed by atoms with Gasteiger partial charge in [-0.1, -0.05) is 6.92 Å². The molecule has 0 bridgehead atoms. The van der Waals surface area contributed by atoms with Crippen LogP contribution in [-0.4, -0.2) is 36.3 Å². The summed E-state index contributed by atoms with van der Waals surface area (Å²) in [4.78, 5) is 25.4. The van der Waals surface area contributed by atoms with Gasteiger partial charge in [0.1, 0.15) is 0 Å². The Bertz CT molecular complexity index is 281. The van der Waals surface area contributed by atoms with Crippen molar-refractivity contribution in [3.63, 3.8) is 0 Å². The third-order valence-corrected chi connectivity index (χ3v) is 3.77. The minimum absolute atomic E-state index is 0. The number of carbonyl (C=O) groups excluding carboxylic acids is 2. The number of hydrogen-bond acceptors (Lipinski definition) is 3. The van der Waals surface area contributed by atoms with Crippen molar-refractivity contribution in [3.8, 4) is 0 Å². The zero-order chi connectivity index (χ0) is 11.6. The van der Waals surface area contributed by atoms with E-state index < -0.39 is 0 Å². The number of nitrogens with one attached hydrogen (secondary N) is 1. The number of hydrogen-bond donors (Lipinski definition) is 1. The Morgan fingerprint density at radius 2 is 1.71 bits per heavy atom. The van der Waals surface area contributed by atoms with Gasteiger partial charge in [0.2, 0.25) is 11.8 Å². The molecule has 0 atom stereocenters. The summed E-state index contributed by atoms with van der Waals surface area (Å²) in [7, 11) is 0. The van der Waals surface area contributed by atoms with Crippen LogP contribution in [0.2, 0.25) is 0 Å². The number of halogens is 1. The number of rotatable bonds is 2. The van der Waals surface area contributed by atoms with Crippen LogP contribution in [0.25, 0.3) is 0 Å². The average molecular weight is 261 g/mol. The van der Waals surface area contributed by atoms with Crippen LogP contribution in [0, 0.1) is 5.41 Å². The van der Waals surface area contributed by atoms with Crippen LogP contribution >= 0.6 is 12.4 Å². The molecule has 0 aromatic heterocycles. The number of imide groups is 1. The van der Waals surface area contributed by atoms with E-state index in [2.05, 4.69) is 5.32 Å². The number of nitrogens with zero attached hydrogens (tertiary/aromatic N) is 1. The highest BCUT2D eigenvalue weighted by Gasteiger charge is 2.43. The van der Waals surface area contributed by atoms with Gasteiger partial charge in [-0.15, -0.1) is 12.4 Å². The van der Waals surface area contributed by atoms with Crippen LogP contribution in [0.4, 0.5) is 0 Å². The van der Waals surface area contributed by atoms with Crippen molar-refractivity contribution in [2.45, 2.75) is 39.0 Å². The van der Waals surface area contributed by atoms with Crippen LogP contribution in [0.1, 0.15) is 39.0 Å². The van der Waals surface area contributed by atoms with E-state index in [1.54, 1.807) is 0 Å².